The maximum Gasteiger partial charge on any atom is 0.261 e. The third-order valence-electron chi connectivity index (χ3n) is 2.98. The predicted octanol–water partition coefficient (Wildman–Crippen LogP) is 0.706. The topological polar surface area (TPSA) is 77.1 Å². The highest BCUT2D eigenvalue weighted by molar-refractivity contribution is 7.80. The number of hydrogen-bond acceptors (Lipinski definition) is 3. The third-order valence-corrected chi connectivity index (χ3v) is 3.20. The molecule has 1 heterocycles. The molecule has 5 nitrogen and oxygen atoms in total. The fraction of sp³-hybridized carbons (Fsp3) is 0.462. The van der Waals surface area contributed by atoms with Crippen LogP contribution in [-0.2, 0) is 11.3 Å². The Bertz CT molecular complexity index is 551. The molecular formula is C13H19N3O2S. The Labute approximate surface area is 117 Å². The molecule has 0 bridgehead atoms. The molecule has 6 heteroatoms. The molecule has 0 aliphatic heterocycles. The van der Waals surface area contributed by atoms with Crippen LogP contribution in [0.1, 0.15) is 31.5 Å². The van der Waals surface area contributed by atoms with Crippen molar-refractivity contribution < 1.29 is 4.79 Å². The lowest BCUT2D eigenvalue weighted by Crippen LogP contribution is -2.39. The first-order chi connectivity index (χ1) is 8.86. The summed E-state index contributed by atoms with van der Waals surface area (Å²) in [5, 5.41) is 2.82. The van der Waals surface area contributed by atoms with Crippen molar-refractivity contribution in [1.29, 1.82) is 0 Å². The number of carbonyl (C=O) groups excluding carboxylic acids is 1. The normalized spacial score (nSPS) is 11.9. The smallest absolute Gasteiger partial charge is 0.261 e. The van der Waals surface area contributed by atoms with Crippen molar-refractivity contribution in [3.05, 3.63) is 33.7 Å². The number of nitrogens with zero attached hydrogens (tertiary/aromatic N) is 1. The van der Waals surface area contributed by atoms with Crippen molar-refractivity contribution in [2.45, 2.75) is 39.8 Å². The molecule has 0 aliphatic rings. The van der Waals surface area contributed by atoms with E-state index in [2.05, 4.69) is 5.32 Å². The fourth-order valence-corrected chi connectivity index (χ4v) is 1.78. The van der Waals surface area contributed by atoms with Crippen LogP contribution in [0.3, 0.4) is 0 Å². The first-order valence-electron chi connectivity index (χ1n) is 6.16. The summed E-state index contributed by atoms with van der Waals surface area (Å²) in [5.41, 5.74) is 6.12. The highest BCUT2D eigenvalue weighted by Crippen LogP contribution is 1.99. The number of aromatic nitrogens is 1. The average Bonchev–Trinajstić information content (AvgIpc) is 2.33. The molecule has 104 valence electrons. The van der Waals surface area contributed by atoms with E-state index in [1.165, 1.54) is 4.57 Å². The number of nitrogens with one attached hydrogen (secondary N) is 1. The highest BCUT2D eigenvalue weighted by Gasteiger charge is 2.12. The first kappa shape index (κ1) is 15.4. The third kappa shape index (κ3) is 3.89. The zero-order valence-electron chi connectivity index (χ0n) is 11.4. The van der Waals surface area contributed by atoms with Crippen molar-refractivity contribution in [1.82, 2.24) is 9.88 Å². The van der Waals surface area contributed by atoms with Crippen molar-refractivity contribution in [2.24, 2.45) is 5.73 Å². The molecule has 1 atom stereocenters. The summed E-state index contributed by atoms with van der Waals surface area (Å²) in [4.78, 5) is 24.0. The minimum absolute atomic E-state index is 0.0224. The Balaban J connectivity index is 3.01. The predicted molar refractivity (Wildman–Crippen MR) is 79.2 cm³/mol. The Morgan fingerprint density at radius 3 is 2.68 bits per heavy atom. The van der Waals surface area contributed by atoms with Gasteiger partial charge in [0.1, 0.15) is 11.5 Å². The summed E-state index contributed by atoms with van der Waals surface area (Å²) < 4.78 is 1.38. The molecule has 0 saturated heterocycles. The highest BCUT2D eigenvalue weighted by atomic mass is 32.1. The Morgan fingerprint density at radius 1 is 1.53 bits per heavy atom. The van der Waals surface area contributed by atoms with E-state index in [0.717, 1.165) is 6.42 Å². The standard InChI is InChI=1S/C13H19N3O2S/c1-4-8(2)15-11(17)7-16-9(3)5-6-10(12(14)19)13(16)18/h5-6,8H,4,7H2,1-3H3,(H2,14,19)(H,15,17). The SMILES string of the molecule is CCC(C)NC(=O)Cn1c(C)ccc(C(N)=S)c1=O. The lowest BCUT2D eigenvalue weighted by Gasteiger charge is -2.14. The molecule has 0 spiro atoms. The summed E-state index contributed by atoms with van der Waals surface area (Å²) in [5.74, 6) is -0.195. The van der Waals surface area contributed by atoms with E-state index in [-0.39, 0.29) is 34.6 Å². The Hall–Kier alpha value is -1.69. The molecule has 0 aliphatic carbocycles. The minimum atomic E-state index is -0.327. The van der Waals surface area contributed by atoms with Crippen LogP contribution in [0, 0.1) is 6.92 Å². The molecule has 1 unspecified atom stereocenters. The summed E-state index contributed by atoms with van der Waals surface area (Å²) in [6.45, 7) is 5.64. The van der Waals surface area contributed by atoms with Crippen molar-refractivity contribution >= 4 is 23.1 Å². The largest absolute Gasteiger partial charge is 0.389 e. The number of rotatable bonds is 5. The van der Waals surface area contributed by atoms with Gasteiger partial charge in [0, 0.05) is 11.7 Å². The number of pyridine rings is 1. The van der Waals surface area contributed by atoms with Gasteiger partial charge in [0.15, 0.2) is 0 Å². The molecule has 1 aromatic rings. The molecular weight excluding hydrogens is 262 g/mol. The average molecular weight is 281 g/mol. The van der Waals surface area contributed by atoms with E-state index < -0.39 is 0 Å². The van der Waals surface area contributed by atoms with E-state index in [4.69, 9.17) is 18.0 Å². The van der Waals surface area contributed by atoms with Gasteiger partial charge in [-0.15, -0.1) is 0 Å². The lowest BCUT2D eigenvalue weighted by molar-refractivity contribution is -0.122. The minimum Gasteiger partial charge on any atom is -0.389 e. The molecule has 0 fully saturated rings. The van der Waals surface area contributed by atoms with Crippen molar-refractivity contribution in [2.75, 3.05) is 0 Å². The molecule has 1 amide bonds. The zero-order valence-corrected chi connectivity index (χ0v) is 12.2. The molecule has 1 aromatic heterocycles. The molecule has 0 radical (unpaired) electrons. The van der Waals surface area contributed by atoms with Gasteiger partial charge in [0.2, 0.25) is 5.91 Å². The number of nitrogens with two attached hydrogens (primary N) is 1. The monoisotopic (exact) mass is 281 g/mol. The van der Waals surface area contributed by atoms with E-state index >= 15 is 0 Å². The van der Waals surface area contributed by atoms with Crippen molar-refractivity contribution in [3.63, 3.8) is 0 Å². The number of thiocarbonyl (C=S) groups is 1. The number of carbonyl (C=O) groups is 1. The van der Waals surface area contributed by atoms with Crippen LogP contribution in [0.25, 0.3) is 0 Å². The van der Waals surface area contributed by atoms with Gasteiger partial charge in [-0.3, -0.25) is 9.59 Å². The second kappa shape index (κ2) is 6.47. The Kier molecular flexibility index (Phi) is 5.23. The first-order valence-corrected chi connectivity index (χ1v) is 6.57. The van der Waals surface area contributed by atoms with Crippen LogP contribution in [0.4, 0.5) is 0 Å². The van der Waals surface area contributed by atoms with Gasteiger partial charge in [-0.2, -0.15) is 0 Å². The van der Waals surface area contributed by atoms with Gasteiger partial charge in [0.25, 0.3) is 5.56 Å². The van der Waals surface area contributed by atoms with Crippen LogP contribution in [0.5, 0.6) is 0 Å². The van der Waals surface area contributed by atoms with Crippen LogP contribution < -0.4 is 16.6 Å². The van der Waals surface area contributed by atoms with E-state index in [9.17, 15) is 9.59 Å². The van der Waals surface area contributed by atoms with E-state index in [1.54, 1.807) is 19.1 Å². The van der Waals surface area contributed by atoms with Crippen LogP contribution in [0.15, 0.2) is 16.9 Å². The van der Waals surface area contributed by atoms with Gasteiger partial charge in [-0.05, 0) is 32.4 Å². The van der Waals surface area contributed by atoms with Gasteiger partial charge in [-0.1, -0.05) is 19.1 Å². The van der Waals surface area contributed by atoms with Gasteiger partial charge in [-0.25, -0.2) is 0 Å². The number of aryl methyl sites for hydroxylation is 1. The summed E-state index contributed by atoms with van der Waals surface area (Å²) in [6.07, 6.45) is 0.840. The van der Waals surface area contributed by atoms with E-state index in [0.29, 0.717) is 5.69 Å². The summed E-state index contributed by atoms with van der Waals surface area (Å²) >= 11 is 4.82. The molecule has 0 aromatic carbocycles. The summed E-state index contributed by atoms with van der Waals surface area (Å²) in [7, 11) is 0. The van der Waals surface area contributed by atoms with E-state index in [1.807, 2.05) is 13.8 Å². The number of amides is 1. The number of hydrogen-bond donors (Lipinski definition) is 2. The second-order valence-electron chi connectivity index (χ2n) is 4.52. The van der Waals surface area contributed by atoms with Crippen molar-refractivity contribution in [3.8, 4) is 0 Å². The summed E-state index contributed by atoms with van der Waals surface area (Å²) in [6, 6.07) is 3.40. The quantitative estimate of drug-likeness (QED) is 0.779. The van der Waals surface area contributed by atoms with Gasteiger partial charge in [0.05, 0.1) is 5.56 Å². The molecule has 19 heavy (non-hydrogen) atoms. The fourth-order valence-electron chi connectivity index (χ4n) is 1.62. The van der Waals surface area contributed by atoms with Gasteiger partial charge < -0.3 is 15.6 Å². The molecule has 0 saturated carbocycles. The molecule has 3 N–H and O–H groups in total. The maximum absolute atomic E-state index is 12.1. The van der Waals surface area contributed by atoms with Gasteiger partial charge >= 0.3 is 0 Å². The second-order valence-corrected chi connectivity index (χ2v) is 4.96. The van der Waals surface area contributed by atoms with Crippen LogP contribution in [0.2, 0.25) is 0 Å². The van der Waals surface area contributed by atoms with Crippen LogP contribution >= 0.6 is 12.2 Å². The van der Waals surface area contributed by atoms with Crippen LogP contribution in [-0.4, -0.2) is 21.5 Å². The maximum atomic E-state index is 12.1. The zero-order chi connectivity index (χ0) is 14.6. The Morgan fingerprint density at radius 2 is 2.16 bits per heavy atom. The molecule has 1 rings (SSSR count). The lowest BCUT2D eigenvalue weighted by atomic mass is 10.2.